The van der Waals surface area contributed by atoms with Gasteiger partial charge in [-0.25, -0.2) is 0 Å². The SMILES string of the molecule is CCCc1ccc(CN2CCOC(COc3cccc(Cl)c3)(CC(N)=O)C2)o1. The molecule has 1 unspecified atom stereocenters. The average Bonchev–Trinajstić information content (AvgIpc) is 3.07. The van der Waals surface area contributed by atoms with E-state index < -0.39 is 11.5 Å². The van der Waals surface area contributed by atoms with Crippen molar-refractivity contribution in [3.8, 4) is 5.75 Å². The zero-order chi connectivity index (χ0) is 20.0. The van der Waals surface area contributed by atoms with E-state index >= 15 is 0 Å². The number of halogens is 1. The average molecular weight is 407 g/mol. The quantitative estimate of drug-likeness (QED) is 0.690. The van der Waals surface area contributed by atoms with E-state index in [2.05, 4.69) is 11.8 Å². The summed E-state index contributed by atoms with van der Waals surface area (Å²) < 4.78 is 17.8. The molecule has 1 amide bonds. The molecule has 0 spiro atoms. The molecule has 0 aliphatic carbocycles. The van der Waals surface area contributed by atoms with Crippen LogP contribution in [-0.2, 0) is 22.5 Å². The molecule has 2 heterocycles. The highest BCUT2D eigenvalue weighted by molar-refractivity contribution is 6.30. The second-order valence-electron chi connectivity index (χ2n) is 7.25. The molecule has 3 rings (SSSR count). The van der Waals surface area contributed by atoms with Gasteiger partial charge in [-0.1, -0.05) is 24.6 Å². The zero-order valence-corrected chi connectivity index (χ0v) is 16.9. The molecule has 0 bridgehead atoms. The van der Waals surface area contributed by atoms with Crippen molar-refractivity contribution >= 4 is 17.5 Å². The maximum absolute atomic E-state index is 11.7. The Hall–Kier alpha value is -2.02. The van der Waals surface area contributed by atoms with E-state index in [9.17, 15) is 4.79 Å². The van der Waals surface area contributed by atoms with Crippen LogP contribution in [0.1, 0.15) is 31.3 Å². The first-order valence-corrected chi connectivity index (χ1v) is 9.96. The van der Waals surface area contributed by atoms with Crippen LogP contribution in [0.4, 0.5) is 0 Å². The monoisotopic (exact) mass is 406 g/mol. The van der Waals surface area contributed by atoms with Crippen molar-refractivity contribution in [2.75, 3.05) is 26.3 Å². The highest BCUT2D eigenvalue weighted by atomic mass is 35.5. The summed E-state index contributed by atoms with van der Waals surface area (Å²) in [7, 11) is 0. The number of carbonyl (C=O) groups excluding carboxylic acids is 1. The molecule has 2 aromatic rings. The molecule has 1 fully saturated rings. The van der Waals surface area contributed by atoms with E-state index in [0.29, 0.717) is 30.5 Å². The molecule has 0 radical (unpaired) electrons. The van der Waals surface area contributed by atoms with E-state index in [-0.39, 0.29) is 13.0 Å². The summed E-state index contributed by atoms with van der Waals surface area (Å²) in [6.07, 6.45) is 2.07. The molecule has 0 saturated carbocycles. The maximum atomic E-state index is 11.7. The van der Waals surface area contributed by atoms with Crippen molar-refractivity contribution in [3.05, 3.63) is 52.9 Å². The Kier molecular flexibility index (Phi) is 6.99. The van der Waals surface area contributed by atoms with E-state index in [4.69, 9.17) is 31.2 Å². The van der Waals surface area contributed by atoms with Gasteiger partial charge in [0.2, 0.25) is 5.91 Å². The minimum atomic E-state index is -0.800. The number of morpholine rings is 1. The van der Waals surface area contributed by atoms with Gasteiger partial charge < -0.3 is 19.6 Å². The number of ether oxygens (including phenoxy) is 2. The molecule has 1 aliphatic heterocycles. The predicted molar refractivity (Wildman–Crippen MR) is 107 cm³/mol. The molecule has 1 aromatic heterocycles. The van der Waals surface area contributed by atoms with Gasteiger partial charge in [-0.05, 0) is 36.8 Å². The van der Waals surface area contributed by atoms with E-state index in [1.165, 1.54) is 0 Å². The second kappa shape index (κ2) is 9.45. The smallest absolute Gasteiger partial charge is 0.220 e. The minimum Gasteiger partial charge on any atom is -0.490 e. The Morgan fingerprint density at radius 2 is 2.14 bits per heavy atom. The largest absolute Gasteiger partial charge is 0.490 e. The summed E-state index contributed by atoms with van der Waals surface area (Å²) in [6.45, 7) is 4.77. The Balaban J connectivity index is 1.67. The number of hydrogen-bond acceptors (Lipinski definition) is 5. The number of hydrogen-bond donors (Lipinski definition) is 1. The lowest BCUT2D eigenvalue weighted by Crippen LogP contribution is -2.56. The number of benzene rings is 1. The van der Waals surface area contributed by atoms with Crippen LogP contribution in [0, 0.1) is 0 Å². The van der Waals surface area contributed by atoms with Crippen LogP contribution < -0.4 is 10.5 Å². The lowest BCUT2D eigenvalue weighted by atomic mass is 9.97. The number of aryl methyl sites for hydroxylation is 1. The van der Waals surface area contributed by atoms with E-state index in [1.807, 2.05) is 24.3 Å². The second-order valence-corrected chi connectivity index (χ2v) is 7.69. The Morgan fingerprint density at radius 3 is 2.89 bits per heavy atom. The van der Waals surface area contributed by atoms with E-state index in [1.54, 1.807) is 12.1 Å². The molecule has 7 heteroatoms. The van der Waals surface area contributed by atoms with Crippen molar-refractivity contribution in [2.24, 2.45) is 5.73 Å². The standard InChI is InChI=1S/C21H27ClN2O4/c1-2-4-17-7-8-19(28-17)13-24-9-10-27-21(14-24,12-20(23)25)15-26-18-6-3-5-16(22)11-18/h3,5-8,11H,2,4,9-10,12-15H2,1H3,(H2,23,25). The zero-order valence-electron chi connectivity index (χ0n) is 16.2. The Bertz CT molecular complexity index is 794. The fourth-order valence-corrected chi connectivity index (χ4v) is 3.68. The molecule has 1 aliphatic rings. The Morgan fingerprint density at radius 1 is 1.32 bits per heavy atom. The molecule has 2 N–H and O–H groups in total. The summed E-state index contributed by atoms with van der Waals surface area (Å²) in [5.41, 5.74) is 4.70. The molecular weight excluding hydrogens is 380 g/mol. The third-order valence-electron chi connectivity index (χ3n) is 4.72. The van der Waals surface area contributed by atoms with Crippen LogP contribution in [-0.4, -0.2) is 42.7 Å². The van der Waals surface area contributed by atoms with Gasteiger partial charge in [0.15, 0.2) is 0 Å². The summed E-state index contributed by atoms with van der Waals surface area (Å²) in [5.74, 6) is 2.12. The number of nitrogens with zero attached hydrogens (tertiary/aromatic N) is 1. The lowest BCUT2D eigenvalue weighted by molar-refractivity contribution is -0.148. The first kappa shape index (κ1) is 20.7. The van der Waals surface area contributed by atoms with Crippen LogP contribution in [0.5, 0.6) is 5.75 Å². The highest BCUT2D eigenvalue weighted by Gasteiger charge is 2.39. The number of rotatable bonds is 9. The molecule has 6 nitrogen and oxygen atoms in total. The van der Waals surface area contributed by atoms with Crippen LogP contribution in [0.15, 0.2) is 40.8 Å². The number of primary amides is 1. The molecular formula is C21H27ClN2O4. The fraction of sp³-hybridized carbons (Fsp3) is 0.476. The van der Waals surface area contributed by atoms with Gasteiger partial charge in [0, 0.05) is 24.5 Å². The third-order valence-corrected chi connectivity index (χ3v) is 4.95. The normalized spacial score (nSPS) is 20.2. The van der Waals surface area contributed by atoms with Crippen LogP contribution in [0.25, 0.3) is 0 Å². The van der Waals surface area contributed by atoms with Crippen molar-refractivity contribution in [1.29, 1.82) is 0 Å². The van der Waals surface area contributed by atoms with Crippen molar-refractivity contribution in [2.45, 2.75) is 38.3 Å². The van der Waals surface area contributed by atoms with Crippen LogP contribution in [0.3, 0.4) is 0 Å². The Labute approximate surface area is 170 Å². The predicted octanol–water partition coefficient (Wildman–Crippen LogP) is 3.41. The van der Waals surface area contributed by atoms with Gasteiger partial charge in [-0.3, -0.25) is 9.69 Å². The van der Waals surface area contributed by atoms with Crippen LogP contribution >= 0.6 is 11.6 Å². The lowest BCUT2D eigenvalue weighted by Gasteiger charge is -2.41. The van der Waals surface area contributed by atoms with Crippen LogP contribution in [0.2, 0.25) is 5.02 Å². The molecule has 1 aromatic carbocycles. The van der Waals surface area contributed by atoms with Gasteiger partial charge in [0.25, 0.3) is 0 Å². The summed E-state index contributed by atoms with van der Waals surface area (Å²) in [6, 6.07) is 11.2. The summed E-state index contributed by atoms with van der Waals surface area (Å²) in [4.78, 5) is 13.9. The minimum absolute atomic E-state index is 0.0866. The van der Waals surface area contributed by atoms with Gasteiger partial charge in [0.05, 0.1) is 19.6 Å². The third kappa shape index (κ3) is 5.74. The maximum Gasteiger partial charge on any atom is 0.220 e. The molecule has 152 valence electrons. The molecule has 28 heavy (non-hydrogen) atoms. The first-order valence-electron chi connectivity index (χ1n) is 9.58. The topological polar surface area (TPSA) is 77.9 Å². The number of carbonyl (C=O) groups is 1. The van der Waals surface area contributed by atoms with E-state index in [0.717, 1.165) is 30.9 Å². The number of nitrogens with two attached hydrogens (primary N) is 1. The van der Waals surface area contributed by atoms with Gasteiger partial charge in [-0.15, -0.1) is 0 Å². The van der Waals surface area contributed by atoms with Gasteiger partial charge in [-0.2, -0.15) is 0 Å². The summed E-state index contributed by atoms with van der Waals surface area (Å²) in [5, 5.41) is 0.591. The summed E-state index contributed by atoms with van der Waals surface area (Å²) >= 11 is 6.02. The van der Waals surface area contributed by atoms with Gasteiger partial charge in [0.1, 0.15) is 29.5 Å². The van der Waals surface area contributed by atoms with Crippen molar-refractivity contribution in [3.63, 3.8) is 0 Å². The van der Waals surface area contributed by atoms with Crippen molar-refractivity contribution < 1.29 is 18.7 Å². The van der Waals surface area contributed by atoms with Gasteiger partial charge >= 0.3 is 0 Å². The number of amides is 1. The highest BCUT2D eigenvalue weighted by Crippen LogP contribution is 2.26. The fourth-order valence-electron chi connectivity index (χ4n) is 3.50. The number of furan rings is 1. The first-order chi connectivity index (χ1) is 13.5. The van der Waals surface area contributed by atoms with Crippen molar-refractivity contribution in [1.82, 2.24) is 4.90 Å². The molecule has 1 atom stereocenters. The molecule has 1 saturated heterocycles.